The standard InChI is InChI=1S/C26H30Cl2N6O3/c1-4-33(5-2)13-12-32(3)24(35)19-6-8-22(9-7-19)30-25-29-11-10-23(31-25)34(26(36)37)17-18-14-20(27)16-21(28)15-18/h6-11,14-16H,4-5,12-13,17H2,1-3H3,(H,36,37)(H,29,30,31). The summed E-state index contributed by atoms with van der Waals surface area (Å²) >= 11 is 12.1. The lowest BCUT2D eigenvalue weighted by Gasteiger charge is -2.23. The highest BCUT2D eigenvalue weighted by atomic mass is 35.5. The van der Waals surface area contributed by atoms with Gasteiger partial charge in [-0.1, -0.05) is 37.0 Å². The van der Waals surface area contributed by atoms with E-state index in [1.54, 1.807) is 54.4 Å². The Morgan fingerprint density at radius 1 is 0.973 bits per heavy atom. The highest BCUT2D eigenvalue weighted by Gasteiger charge is 2.18. The number of nitrogens with one attached hydrogen (secondary N) is 1. The first-order valence-electron chi connectivity index (χ1n) is 11.8. The first-order chi connectivity index (χ1) is 17.7. The molecule has 0 aliphatic rings. The molecule has 0 bridgehead atoms. The van der Waals surface area contributed by atoms with Crippen molar-refractivity contribution in [2.45, 2.75) is 20.4 Å². The first-order valence-corrected chi connectivity index (χ1v) is 12.6. The van der Waals surface area contributed by atoms with E-state index in [0.29, 0.717) is 33.4 Å². The van der Waals surface area contributed by atoms with E-state index in [1.807, 2.05) is 0 Å². The minimum absolute atomic E-state index is 0.00463. The number of carbonyl (C=O) groups is 2. The fourth-order valence-electron chi connectivity index (χ4n) is 3.67. The molecule has 1 heterocycles. The summed E-state index contributed by atoms with van der Waals surface area (Å²) in [5.74, 6) is 0.334. The van der Waals surface area contributed by atoms with Crippen LogP contribution in [0.4, 0.5) is 22.2 Å². The quantitative estimate of drug-likeness (QED) is 0.322. The van der Waals surface area contributed by atoms with E-state index in [-0.39, 0.29) is 24.2 Å². The monoisotopic (exact) mass is 544 g/mol. The SMILES string of the molecule is CCN(CC)CCN(C)C(=O)c1ccc(Nc2nccc(N(Cc3cc(Cl)cc(Cl)c3)C(=O)O)n2)cc1. The summed E-state index contributed by atoms with van der Waals surface area (Å²) in [5.41, 5.74) is 1.85. The van der Waals surface area contributed by atoms with Crippen molar-refractivity contribution in [1.82, 2.24) is 19.8 Å². The van der Waals surface area contributed by atoms with E-state index in [9.17, 15) is 14.7 Å². The smallest absolute Gasteiger partial charge is 0.413 e. The molecule has 196 valence electrons. The molecular weight excluding hydrogens is 515 g/mol. The van der Waals surface area contributed by atoms with E-state index >= 15 is 0 Å². The number of hydrogen-bond acceptors (Lipinski definition) is 6. The van der Waals surface area contributed by atoms with Gasteiger partial charge >= 0.3 is 6.09 Å². The summed E-state index contributed by atoms with van der Waals surface area (Å²) in [5, 5.41) is 13.7. The summed E-state index contributed by atoms with van der Waals surface area (Å²) < 4.78 is 0. The number of rotatable bonds is 11. The van der Waals surface area contributed by atoms with Gasteiger partial charge in [-0.3, -0.25) is 9.69 Å². The number of amides is 2. The van der Waals surface area contributed by atoms with Crippen molar-refractivity contribution in [1.29, 1.82) is 0 Å². The molecule has 0 unspecified atom stereocenters. The highest BCUT2D eigenvalue weighted by Crippen LogP contribution is 2.23. The molecule has 3 aromatic rings. The Hall–Kier alpha value is -3.40. The zero-order valence-corrected chi connectivity index (χ0v) is 22.5. The zero-order chi connectivity index (χ0) is 26.9. The van der Waals surface area contributed by atoms with Gasteiger partial charge in [0.25, 0.3) is 5.91 Å². The van der Waals surface area contributed by atoms with Gasteiger partial charge in [-0.05, 0) is 67.2 Å². The summed E-state index contributed by atoms with van der Waals surface area (Å²) in [4.78, 5) is 38.3. The fraction of sp³-hybridized carbons (Fsp3) is 0.308. The van der Waals surface area contributed by atoms with Gasteiger partial charge < -0.3 is 20.2 Å². The minimum Gasteiger partial charge on any atom is -0.465 e. The van der Waals surface area contributed by atoms with Crippen LogP contribution in [0.3, 0.4) is 0 Å². The molecule has 2 aromatic carbocycles. The molecule has 0 radical (unpaired) electrons. The third-order valence-electron chi connectivity index (χ3n) is 5.79. The highest BCUT2D eigenvalue weighted by molar-refractivity contribution is 6.34. The number of carbonyl (C=O) groups excluding carboxylic acids is 1. The Labute approximate surface area is 226 Å². The Bertz CT molecular complexity index is 1200. The van der Waals surface area contributed by atoms with Crippen LogP contribution in [0, 0.1) is 0 Å². The van der Waals surface area contributed by atoms with Gasteiger partial charge in [0.15, 0.2) is 0 Å². The van der Waals surface area contributed by atoms with Gasteiger partial charge in [0.1, 0.15) is 5.82 Å². The molecular formula is C26H30Cl2N6O3. The second-order valence-electron chi connectivity index (χ2n) is 8.34. The van der Waals surface area contributed by atoms with Crippen molar-refractivity contribution in [2.24, 2.45) is 0 Å². The summed E-state index contributed by atoms with van der Waals surface area (Å²) in [6.07, 6.45) is 0.280. The maximum absolute atomic E-state index is 12.8. The second kappa shape index (κ2) is 13.2. The predicted octanol–water partition coefficient (Wildman–Crippen LogP) is 5.63. The van der Waals surface area contributed by atoms with Crippen LogP contribution in [0.2, 0.25) is 10.0 Å². The van der Waals surface area contributed by atoms with Crippen LogP contribution in [0.15, 0.2) is 54.7 Å². The molecule has 11 heteroatoms. The average Bonchev–Trinajstić information content (AvgIpc) is 2.87. The van der Waals surface area contributed by atoms with Gasteiger partial charge in [-0.25, -0.2) is 9.78 Å². The topological polar surface area (TPSA) is 102 Å². The lowest BCUT2D eigenvalue weighted by atomic mass is 10.2. The van der Waals surface area contributed by atoms with E-state index < -0.39 is 6.09 Å². The van der Waals surface area contributed by atoms with Crippen LogP contribution in [-0.4, -0.2) is 70.1 Å². The lowest BCUT2D eigenvalue weighted by molar-refractivity contribution is 0.0779. The molecule has 0 fully saturated rings. The molecule has 0 saturated heterocycles. The van der Waals surface area contributed by atoms with Gasteiger partial charge in [0.05, 0.1) is 6.54 Å². The van der Waals surface area contributed by atoms with Crippen molar-refractivity contribution in [3.63, 3.8) is 0 Å². The van der Waals surface area contributed by atoms with Crippen molar-refractivity contribution < 1.29 is 14.7 Å². The molecule has 9 nitrogen and oxygen atoms in total. The maximum Gasteiger partial charge on any atom is 0.413 e. The number of likely N-dealkylation sites (N-methyl/N-ethyl adjacent to an activating group) is 2. The van der Waals surface area contributed by atoms with Crippen LogP contribution in [-0.2, 0) is 6.54 Å². The van der Waals surface area contributed by atoms with Crippen LogP contribution >= 0.6 is 23.2 Å². The van der Waals surface area contributed by atoms with Gasteiger partial charge in [0, 0.05) is 47.6 Å². The second-order valence-corrected chi connectivity index (χ2v) is 9.21. The number of anilines is 3. The van der Waals surface area contributed by atoms with E-state index in [1.165, 1.54) is 12.3 Å². The number of halogens is 2. The average molecular weight is 545 g/mol. The summed E-state index contributed by atoms with van der Waals surface area (Å²) in [6, 6.07) is 13.3. The zero-order valence-electron chi connectivity index (χ0n) is 21.0. The van der Waals surface area contributed by atoms with Crippen LogP contribution < -0.4 is 10.2 Å². The summed E-state index contributed by atoms with van der Waals surface area (Å²) in [7, 11) is 1.79. The molecule has 2 amide bonds. The Morgan fingerprint density at radius 2 is 1.62 bits per heavy atom. The molecule has 2 N–H and O–H groups in total. The maximum atomic E-state index is 12.8. The van der Waals surface area contributed by atoms with Crippen molar-refractivity contribution in [3.8, 4) is 0 Å². The van der Waals surface area contributed by atoms with Gasteiger partial charge in [0.2, 0.25) is 5.95 Å². The number of hydrogen-bond donors (Lipinski definition) is 2. The van der Waals surface area contributed by atoms with Crippen molar-refractivity contribution >= 4 is 52.7 Å². The first kappa shape index (κ1) is 28.2. The third-order valence-corrected chi connectivity index (χ3v) is 6.23. The largest absolute Gasteiger partial charge is 0.465 e. The molecule has 3 rings (SSSR count). The molecule has 0 aliphatic heterocycles. The Kier molecular flexibility index (Phi) is 10.1. The van der Waals surface area contributed by atoms with Crippen LogP contribution in [0.1, 0.15) is 29.8 Å². The molecule has 37 heavy (non-hydrogen) atoms. The normalized spacial score (nSPS) is 10.9. The third kappa shape index (κ3) is 8.04. The Morgan fingerprint density at radius 3 is 2.22 bits per heavy atom. The summed E-state index contributed by atoms with van der Waals surface area (Å²) in [6.45, 7) is 7.56. The van der Waals surface area contributed by atoms with Gasteiger partial charge in [-0.15, -0.1) is 0 Å². The van der Waals surface area contributed by atoms with Crippen molar-refractivity contribution in [3.05, 3.63) is 75.9 Å². The lowest BCUT2D eigenvalue weighted by Crippen LogP contribution is -2.36. The fourth-order valence-corrected chi connectivity index (χ4v) is 4.24. The van der Waals surface area contributed by atoms with Crippen molar-refractivity contribution in [2.75, 3.05) is 43.4 Å². The van der Waals surface area contributed by atoms with Gasteiger partial charge in [-0.2, -0.15) is 4.98 Å². The molecule has 0 aliphatic carbocycles. The Balaban J connectivity index is 1.68. The minimum atomic E-state index is -1.19. The predicted molar refractivity (Wildman–Crippen MR) is 147 cm³/mol. The molecule has 1 aromatic heterocycles. The number of nitrogens with zero attached hydrogens (tertiary/aromatic N) is 5. The van der Waals surface area contributed by atoms with E-state index in [2.05, 4.69) is 34.0 Å². The molecule has 0 saturated carbocycles. The number of aromatic nitrogens is 2. The van der Waals surface area contributed by atoms with Crippen LogP contribution in [0.25, 0.3) is 0 Å². The van der Waals surface area contributed by atoms with E-state index in [4.69, 9.17) is 23.2 Å². The number of benzene rings is 2. The van der Waals surface area contributed by atoms with E-state index in [0.717, 1.165) is 24.5 Å². The number of carboxylic acid groups (broad SMARTS) is 1. The molecule has 0 spiro atoms. The van der Waals surface area contributed by atoms with Crippen LogP contribution in [0.5, 0.6) is 0 Å². The molecule has 0 atom stereocenters.